The van der Waals surface area contributed by atoms with E-state index in [1.165, 1.54) is 24.9 Å². The second kappa shape index (κ2) is 7.85. The van der Waals surface area contributed by atoms with Crippen LogP contribution < -0.4 is 4.90 Å². The lowest BCUT2D eigenvalue weighted by atomic mass is 10.1. The van der Waals surface area contributed by atoms with Crippen molar-refractivity contribution in [2.75, 3.05) is 25.0 Å². The molecule has 4 heteroatoms. The number of amides is 1. The van der Waals surface area contributed by atoms with Gasteiger partial charge in [0.2, 0.25) is 0 Å². The van der Waals surface area contributed by atoms with Crippen LogP contribution in [0.2, 0.25) is 0 Å². The van der Waals surface area contributed by atoms with E-state index in [2.05, 4.69) is 29.2 Å². The lowest BCUT2D eigenvalue weighted by Crippen LogP contribution is -2.32. The van der Waals surface area contributed by atoms with Gasteiger partial charge in [-0.15, -0.1) is 0 Å². The Labute approximate surface area is 149 Å². The molecule has 0 aromatic heterocycles. The molecule has 0 aliphatic carbocycles. The molecule has 0 atom stereocenters. The van der Waals surface area contributed by atoms with E-state index in [1.807, 2.05) is 13.1 Å². The first-order valence-corrected chi connectivity index (χ1v) is 8.77. The highest BCUT2D eigenvalue weighted by molar-refractivity contribution is 5.94. The summed E-state index contributed by atoms with van der Waals surface area (Å²) in [5.41, 5.74) is 3.45. The van der Waals surface area contributed by atoms with Gasteiger partial charge >= 0.3 is 0 Å². The summed E-state index contributed by atoms with van der Waals surface area (Å²) in [4.78, 5) is 16.9. The molecule has 1 fully saturated rings. The second-order valence-electron chi connectivity index (χ2n) is 6.53. The Kier molecular flexibility index (Phi) is 5.35. The molecule has 1 amide bonds. The van der Waals surface area contributed by atoms with Gasteiger partial charge in [0.05, 0.1) is 11.6 Å². The molecule has 2 aromatic carbocycles. The number of carbonyl (C=O) groups excluding carboxylic acids is 1. The van der Waals surface area contributed by atoms with Crippen LogP contribution >= 0.6 is 0 Å². The number of nitriles is 1. The van der Waals surface area contributed by atoms with Gasteiger partial charge in [-0.05, 0) is 49.1 Å². The molecule has 1 aliphatic heterocycles. The van der Waals surface area contributed by atoms with Crippen molar-refractivity contribution < 1.29 is 4.79 Å². The average Bonchev–Trinajstić information content (AvgIpc) is 2.68. The molecule has 1 heterocycles. The molecule has 1 aliphatic rings. The fourth-order valence-electron chi connectivity index (χ4n) is 3.36. The summed E-state index contributed by atoms with van der Waals surface area (Å²) in [7, 11) is 1.81. The molecule has 1 saturated heterocycles. The van der Waals surface area contributed by atoms with Gasteiger partial charge in [-0.2, -0.15) is 5.26 Å². The molecule has 0 N–H and O–H groups in total. The summed E-state index contributed by atoms with van der Waals surface area (Å²) in [5.74, 6) is -0.0643. The Bertz CT molecular complexity index is 788. The zero-order valence-electron chi connectivity index (χ0n) is 14.6. The van der Waals surface area contributed by atoms with E-state index >= 15 is 0 Å². The fraction of sp³-hybridized carbons (Fsp3) is 0.333. The maximum Gasteiger partial charge on any atom is 0.253 e. The lowest BCUT2D eigenvalue weighted by Gasteiger charge is -2.31. The summed E-state index contributed by atoms with van der Waals surface area (Å²) in [6.07, 6.45) is 3.75. The van der Waals surface area contributed by atoms with Crippen LogP contribution in [-0.4, -0.2) is 30.9 Å². The summed E-state index contributed by atoms with van der Waals surface area (Å²) < 4.78 is 0. The van der Waals surface area contributed by atoms with Crippen molar-refractivity contribution in [1.29, 1.82) is 5.26 Å². The molecule has 3 rings (SSSR count). The Hall–Kier alpha value is -2.80. The van der Waals surface area contributed by atoms with Crippen molar-refractivity contribution in [3.8, 4) is 6.07 Å². The minimum Gasteiger partial charge on any atom is -0.371 e. The number of piperidine rings is 1. The third-order valence-electron chi connectivity index (χ3n) is 4.68. The highest BCUT2D eigenvalue weighted by Crippen LogP contribution is 2.25. The topological polar surface area (TPSA) is 47.3 Å². The number of rotatable bonds is 4. The minimum atomic E-state index is -0.0643. The first-order chi connectivity index (χ1) is 12.2. The molecule has 0 unspecified atom stereocenters. The fourth-order valence-corrected chi connectivity index (χ4v) is 3.36. The highest BCUT2D eigenvalue weighted by Gasteiger charge is 2.17. The van der Waals surface area contributed by atoms with Gasteiger partial charge in [0.1, 0.15) is 0 Å². The van der Waals surface area contributed by atoms with E-state index < -0.39 is 0 Å². The third-order valence-corrected chi connectivity index (χ3v) is 4.68. The molecule has 4 nitrogen and oxygen atoms in total. The normalized spacial score (nSPS) is 14.0. The number of hydrogen-bond donors (Lipinski definition) is 0. The van der Waals surface area contributed by atoms with E-state index in [0.29, 0.717) is 17.7 Å². The third kappa shape index (κ3) is 4.00. The van der Waals surface area contributed by atoms with Gasteiger partial charge in [0.25, 0.3) is 5.91 Å². The van der Waals surface area contributed by atoms with Crippen molar-refractivity contribution >= 4 is 11.6 Å². The maximum atomic E-state index is 12.7. The molecule has 2 aromatic rings. The summed E-state index contributed by atoms with van der Waals surface area (Å²) in [6.45, 7) is 2.72. The first kappa shape index (κ1) is 17.0. The zero-order chi connectivity index (χ0) is 17.6. The van der Waals surface area contributed by atoms with Crippen LogP contribution in [0.25, 0.3) is 0 Å². The van der Waals surface area contributed by atoms with Crippen molar-refractivity contribution in [3.63, 3.8) is 0 Å². The Morgan fingerprint density at radius 3 is 2.64 bits per heavy atom. The van der Waals surface area contributed by atoms with Gasteiger partial charge in [-0.1, -0.05) is 24.3 Å². The zero-order valence-corrected chi connectivity index (χ0v) is 14.6. The molecule has 0 radical (unpaired) electrons. The van der Waals surface area contributed by atoms with E-state index in [-0.39, 0.29) is 5.91 Å². The van der Waals surface area contributed by atoms with Crippen molar-refractivity contribution in [2.45, 2.75) is 25.8 Å². The predicted octanol–water partition coefficient (Wildman–Crippen LogP) is 3.82. The van der Waals surface area contributed by atoms with Crippen molar-refractivity contribution in [2.24, 2.45) is 0 Å². The van der Waals surface area contributed by atoms with Crippen LogP contribution in [0.5, 0.6) is 0 Å². The monoisotopic (exact) mass is 333 g/mol. The average molecular weight is 333 g/mol. The number of nitrogens with zero attached hydrogens (tertiary/aromatic N) is 3. The van der Waals surface area contributed by atoms with E-state index in [1.54, 1.807) is 29.2 Å². The van der Waals surface area contributed by atoms with Crippen LogP contribution in [0.1, 0.15) is 40.7 Å². The molecule has 128 valence electrons. The minimum absolute atomic E-state index is 0.0643. The number of carbonyl (C=O) groups is 1. The highest BCUT2D eigenvalue weighted by atomic mass is 16.2. The van der Waals surface area contributed by atoms with Crippen LogP contribution in [0.3, 0.4) is 0 Å². The smallest absolute Gasteiger partial charge is 0.253 e. The molecular weight excluding hydrogens is 310 g/mol. The summed E-state index contributed by atoms with van der Waals surface area (Å²) in [6, 6.07) is 17.3. The Morgan fingerprint density at radius 1 is 1.12 bits per heavy atom. The Morgan fingerprint density at radius 2 is 1.88 bits per heavy atom. The van der Waals surface area contributed by atoms with Crippen LogP contribution in [0.15, 0.2) is 48.5 Å². The quantitative estimate of drug-likeness (QED) is 0.854. The van der Waals surface area contributed by atoms with Gasteiger partial charge in [0.15, 0.2) is 0 Å². The number of benzene rings is 2. The SMILES string of the molecule is CN(Cc1ccccc1N1CCCCC1)C(=O)c1cccc(C#N)c1. The molecule has 25 heavy (non-hydrogen) atoms. The largest absolute Gasteiger partial charge is 0.371 e. The number of anilines is 1. The Balaban J connectivity index is 1.77. The molecular formula is C21H23N3O. The number of hydrogen-bond acceptors (Lipinski definition) is 3. The summed E-state index contributed by atoms with van der Waals surface area (Å²) in [5, 5.41) is 9.02. The van der Waals surface area contributed by atoms with E-state index in [4.69, 9.17) is 5.26 Å². The second-order valence-corrected chi connectivity index (χ2v) is 6.53. The predicted molar refractivity (Wildman–Crippen MR) is 99.5 cm³/mol. The van der Waals surface area contributed by atoms with Gasteiger partial charge in [-0.3, -0.25) is 4.79 Å². The molecule has 0 saturated carbocycles. The van der Waals surface area contributed by atoms with Crippen LogP contribution in [-0.2, 0) is 6.54 Å². The van der Waals surface area contributed by atoms with E-state index in [9.17, 15) is 4.79 Å². The van der Waals surface area contributed by atoms with Crippen molar-refractivity contribution in [3.05, 3.63) is 65.2 Å². The maximum absolute atomic E-state index is 12.7. The standard InChI is InChI=1S/C21H23N3O/c1-23(21(25)18-10-7-8-17(14-18)15-22)16-19-9-3-4-11-20(19)24-12-5-2-6-13-24/h3-4,7-11,14H,2,5-6,12-13,16H2,1H3. The van der Waals surface area contributed by atoms with Crippen LogP contribution in [0, 0.1) is 11.3 Å². The van der Waals surface area contributed by atoms with Gasteiger partial charge in [0, 0.05) is 37.9 Å². The molecule has 0 bridgehead atoms. The lowest BCUT2D eigenvalue weighted by molar-refractivity contribution is 0.0785. The van der Waals surface area contributed by atoms with Gasteiger partial charge < -0.3 is 9.80 Å². The molecule has 0 spiro atoms. The summed E-state index contributed by atoms with van der Waals surface area (Å²) >= 11 is 0. The van der Waals surface area contributed by atoms with Gasteiger partial charge in [-0.25, -0.2) is 0 Å². The van der Waals surface area contributed by atoms with Crippen molar-refractivity contribution in [1.82, 2.24) is 4.90 Å². The number of para-hydroxylation sites is 1. The first-order valence-electron chi connectivity index (χ1n) is 8.77. The van der Waals surface area contributed by atoms with Crippen LogP contribution in [0.4, 0.5) is 5.69 Å². The van der Waals surface area contributed by atoms with E-state index in [0.717, 1.165) is 18.7 Å².